The Morgan fingerprint density at radius 1 is 1.06 bits per heavy atom. The summed E-state index contributed by atoms with van der Waals surface area (Å²) in [7, 11) is 0. The Balaban J connectivity index is 1.53. The van der Waals surface area contributed by atoms with E-state index in [1.807, 2.05) is 41.9 Å². The van der Waals surface area contributed by atoms with Gasteiger partial charge in [0, 0.05) is 22.1 Å². The average Bonchev–Trinajstić information content (AvgIpc) is 3.24. The van der Waals surface area contributed by atoms with Crippen LogP contribution in [0.3, 0.4) is 0 Å². The first-order valence-corrected chi connectivity index (χ1v) is 11.4. The molecule has 2 heterocycles. The molecular formula is C24H17ClF3N3O3S. The molecule has 3 amide bonds. The summed E-state index contributed by atoms with van der Waals surface area (Å²) in [6.07, 6.45) is 1.56. The lowest BCUT2D eigenvalue weighted by atomic mass is 10.2. The molecule has 0 aliphatic carbocycles. The zero-order valence-electron chi connectivity index (χ0n) is 18.4. The van der Waals surface area contributed by atoms with Crippen molar-refractivity contribution < 1.29 is 27.6 Å². The molecule has 6 nitrogen and oxygen atoms in total. The lowest BCUT2D eigenvalue weighted by Gasteiger charge is -2.13. The zero-order valence-corrected chi connectivity index (χ0v) is 19.9. The van der Waals surface area contributed by atoms with E-state index >= 15 is 0 Å². The van der Waals surface area contributed by atoms with Gasteiger partial charge in [-0.2, -0.15) is 0 Å². The maximum atomic E-state index is 13.8. The number of aromatic nitrogens is 1. The number of nitrogens with one attached hydrogen (secondary N) is 1. The van der Waals surface area contributed by atoms with Gasteiger partial charge in [-0.3, -0.25) is 19.3 Å². The number of imide groups is 1. The van der Waals surface area contributed by atoms with Gasteiger partial charge in [-0.05, 0) is 79.7 Å². The fraction of sp³-hybridized carbons (Fsp3) is 0.125. The van der Waals surface area contributed by atoms with E-state index in [1.165, 1.54) is 0 Å². The number of aryl methyl sites for hydroxylation is 1. The van der Waals surface area contributed by atoms with E-state index in [0.29, 0.717) is 33.3 Å². The van der Waals surface area contributed by atoms with Crippen molar-refractivity contribution in [2.75, 3.05) is 11.9 Å². The highest BCUT2D eigenvalue weighted by atomic mass is 35.5. The summed E-state index contributed by atoms with van der Waals surface area (Å²) >= 11 is 6.63. The number of hydrogen-bond acceptors (Lipinski definition) is 4. The predicted molar refractivity (Wildman–Crippen MR) is 128 cm³/mol. The van der Waals surface area contributed by atoms with Crippen LogP contribution in [0.4, 0.5) is 23.7 Å². The predicted octanol–water partition coefficient (Wildman–Crippen LogP) is 5.84. The number of carbonyl (C=O) groups is 3. The minimum Gasteiger partial charge on any atom is -0.322 e. The van der Waals surface area contributed by atoms with Crippen molar-refractivity contribution in [2.24, 2.45) is 0 Å². The van der Waals surface area contributed by atoms with Gasteiger partial charge in [0.2, 0.25) is 5.91 Å². The molecule has 2 aromatic carbocycles. The number of amides is 3. The first-order chi connectivity index (χ1) is 16.6. The van der Waals surface area contributed by atoms with Gasteiger partial charge in [-0.15, -0.1) is 0 Å². The van der Waals surface area contributed by atoms with Crippen LogP contribution in [-0.2, 0) is 9.59 Å². The van der Waals surface area contributed by atoms with E-state index in [-0.39, 0.29) is 4.91 Å². The molecule has 0 radical (unpaired) electrons. The second kappa shape index (κ2) is 9.63. The molecule has 4 rings (SSSR count). The van der Waals surface area contributed by atoms with Crippen molar-refractivity contribution in [1.29, 1.82) is 0 Å². The number of rotatable bonds is 5. The summed E-state index contributed by atoms with van der Waals surface area (Å²) in [5.74, 6) is -6.37. The number of carbonyl (C=O) groups excluding carboxylic acids is 3. The number of thioether (sulfide) groups is 1. The Bertz CT molecular complexity index is 1400. The fourth-order valence-corrected chi connectivity index (χ4v) is 4.61. The molecule has 1 aliphatic rings. The van der Waals surface area contributed by atoms with Gasteiger partial charge in [-0.25, -0.2) is 13.2 Å². The number of anilines is 1. The Morgan fingerprint density at radius 2 is 1.74 bits per heavy atom. The third kappa shape index (κ3) is 4.85. The second-order valence-corrected chi connectivity index (χ2v) is 9.11. The van der Waals surface area contributed by atoms with Crippen LogP contribution >= 0.6 is 23.4 Å². The average molecular weight is 520 g/mol. The fourth-order valence-electron chi connectivity index (χ4n) is 3.65. The van der Waals surface area contributed by atoms with Gasteiger partial charge >= 0.3 is 0 Å². The largest absolute Gasteiger partial charge is 0.322 e. The topological polar surface area (TPSA) is 71.4 Å². The minimum atomic E-state index is -1.74. The van der Waals surface area contributed by atoms with Crippen LogP contribution in [0.1, 0.15) is 17.0 Å². The maximum Gasteiger partial charge on any atom is 0.294 e. The molecule has 35 heavy (non-hydrogen) atoms. The van der Waals surface area contributed by atoms with Crippen molar-refractivity contribution >= 4 is 52.2 Å². The van der Waals surface area contributed by atoms with E-state index < -0.39 is 46.7 Å². The smallest absolute Gasteiger partial charge is 0.294 e. The number of hydrogen-bond donors (Lipinski definition) is 1. The van der Waals surface area contributed by atoms with Crippen molar-refractivity contribution in [3.8, 4) is 5.69 Å². The van der Waals surface area contributed by atoms with E-state index in [0.717, 1.165) is 23.1 Å². The molecular weight excluding hydrogens is 503 g/mol. The summed E-state index contributed by atoms with van der Waals surface area (Å²) < 4.78 is 42.2. The molecule has 3 aromatic rings. The highest BCUT2D eigenvalue weighted by Crippen LogP contribution is 2.34. The summed E-state index contributed by atoms with van der Waals surface area (Å²) in [4.78, 5) is 38.3. The second-order valence-electron chi connectivity index (χ2n) is 7.68. The normalized spacial score (nSPS) is 14.8. The van der Waals surface area contributed by atoms with Gasteiger partial charge in [0.05, 0.1) is 10.6 Å². The van der Waals surface area contributed by atoms with Crippen LogP contribution in [0.25, 0.3) is 11.8 Å². The van der Waals surface area contributed by atoms with Crippen molar-refractivity contribution in [3.05, 3.63) is 86.8 Å². The van der Waals surface area contributed by atoms with Gasteiger partial charge in [0.25, 0.3) is 11.1 Å². The van der Waals surface area contributed by atoms with Crippen molar-refractivity contribution in [3.63, 3.8) is 0 Å². The maximum absolute atomic E-state index is 13.8. The molecule has 0 spiro atoms. The van der Waals surface area contributed by atoms with E-state index in [2.05, 4.69) is 0 Å². The molecule has 11 heteroatoms. The minimum absolute atomic E-state index is 0.109. The Hall–Kier alpha value is -3.50. The first kappa shape index (κ1) is 24.6. The number of halogens is 4. The standard InChI is InChI=1S/C24H17ClF3N3O3S/c1-12-9-14(13(2)31(12)16-5-3-15(25)4-6-16)10-19-23(33)30(24(34)35-19)11-20(32)29-18-8-7-17(26)21(27)22(18)28/h3-10H,11H2,1-2H3,(H,29,32)/b19-10+. The molecule has 1 fully saturated rings. The number of nitrogens with zero attached hydrogens (tertiary/aromatic N) is 2. The van der Waals surface area contributed by atoms with Crippen LogP contribution in [-0.4, -0.2) is 33.1 Å². The molecule has 0 saturated carbocycles. The molecule has 1 N–H and O–H groups in total. The molecule has 180 valence electrons. The molecule has 0 bridgehead atoms. The Labute approximate surface area is 207 Å². The van der Waals surface area contributed by atoms with Crippen LogP contribution in [0, 0.1) is 31.3 Å². The highest BCUT2D eigenvalue weighted by molar-refractivity contribution is 8.18. The van der Waals surface area contributed by atoms with E-state index in [1.54, 1.807) is 18.2 Å². The molecule has 0 atom stereocenters. The molecule has 1 saturated heterocycles. The van der Waals surface area contributed by atoms with Crippen molar-refractivity contribution in [1.82, 2.24) is 9.47 Å². The van der Waals surface area contributed by atoms with Crippen LogP contribution in [0.2, 0.25) is 5.02 Å². The van der Waals surface area contributed by atoms with Gasteiger partial charge in [0.15, 0.2) is 17.5 Å². The highest BCUT2D eigenvalue weighted by Gasteiger charge is 2.36. The summed E-state index contributed by atoms with van der Waals surface area (Å²) in [6.45, 7) is 3.04. The third-order valence-electron chi connectivity index (χ3n) is 5.33. The molecule has 0 unspecified atom stereocenters. The van der Waals surface area contributed by atoms with Gasteiger partial charge in [-0.1, -0.05) is 11.6 Å². The molecule has 1 aliphatic heterocycles. The monoisotopic (exact) mass is 519 g/mol. The van der Waals surface area contributed by atoms with Gasteiger partial charge < -0.3 is 9.88 Å². The Morgan fingerprint density at radius 3 is 2.43 bits per heavy atom. The Kier molecular flexibility index (Phi) is 6.77. The van der Waals surface area contributed by atoms with Crippen LogP contribution in [0.15, 0.2) is 47.4 Å². The summed E-state index contributed by atoms with van der Waals surface area (Å²) in [6, 6.07) is 10.6. The SMILES string of the molecule is Cc1cc(/C=C2/SC(=O)N(CC(=O)Nc3ccc(F)c(F)c3F)C2=O)c(C)n1-c1ccc(Cl)cc1. The third-order valence-corrected chi connectivity index (χ3v) is 6.49. The quantitative estimate of drug-likeness (QED) is 0.339. The van der Waals surface area contributed by atoms with Crippen LogP contribution in [0.5, 0.6) is 0 Å². The van der Waals surface area contributed by atoms with E-state index in [9.17, 15) is 27.6 Å². The summed E-state index contributed by atoms with van der Waals surface area (Å²) in [5, 5.41) is 1.96. The number of benzene rings is 2. The lowest BCUT2D eigenvalue weighted by Crippen LogP contribution is -2.36. The van der Waals surface area contributed by atoms with Gasteiger partial charge in [0.1, 0.15) is 6.54 Å². The first-order valence-electron chi connectivity index (χ1n) is 10.2. The zero-order chi connectivity index (χ0) is 25.4. The van der Waals surface area contributed by atoms with E-state index in [4.69, 9.17) is 11.6 Å². The lowest BCUT2D eigenvalue weighted by molar-refractivity contribution is -0.127. The molecule has 1 aromatic heterocycles. The summed E-state index contributed by atoms with van der Waals surface area (Å²) in [5.41, 5.74) is 2.69. The van der Waals surface area contributed by atoms with Crippen molar-refractivity contribution in [2.45, 2.75) is 13.8 Å². The van der Waals surface area contributed by atoms with Crippen LogP contribution < -0.4 is 5.32 Å².